The molecule has 0 spiro atoms. The van der Waals surface area contributed by atoms with Gasteiger partial charge >= 0.3 is 0 Å². The van der Waals surface area contributed by atoms with Gasteiger partial charge in [-0.25, -0.2) is 4.68 Å². The minimum atomic E-state index is -0.261. The normalized spacial score (nSPS) is 12.5. The number of aromatic nitrogens is 2. The first-order valence-corrected chi connectivity index (χ1v) is 12.2. The number of amides is 1. The topological polar surface area (TPSA) is 46.9 Å². The summed E-state index contributed by atoms with van der Waals surface area (Å²) in [5.74, 6) is -0.261. The van der Waals surface area contributed by atoms with Crippen LogP contribution in [0.3, 0.4) is 0 Å². The van der Waals surface area contributed by atoms with Crippen LogP contribution in [0.4, 0.5) is 0 Å². The third kappa shape index (κ3) is 5.62. The van der Waals surface area contributed by atoms with Crippen molar-refractivity contribution in [3.8, 4) is 5.69 Å². The molecule has 4 rings (SSSR count). The van der Waals surface area contributed by atoms with Crippen LogP contribution in [0.1, 0.15) is 52.8 Å². The second-order valence-electron chi connectivity index (χ2n) is 8.31. The molecule has 35 heavy (non-hydrogen) atoms. The number of hydrogen-bond donors (Lipinski definition) is 1. The minimum Gasteiger partial charge on any atom is -0.344 e. The predicted molar refractivity (Wildman–Crippen MR) is 146 cm³/mol. The Kier molecular flexibility index (Phi) is 7.66. The number of nitrogens with one attached hydrogen (secondary N) is 1. The second-order valence-corrected chi connectivity index (χ2v) is 9.59. The molecule has 1 amide bonds. The Morgan fingerprint density at radius 3 is 2.29 bits per heavy atom. The second kappa shape index (κ2) is 10.7. The third-order valence-electron chi connectivity index (χ3n) is 5.75. The first kappa shape index (κ1) is 25.1. The molecule has 1 heterocycles. The Bertz CT molecular complexity index is 1390. The van der Waals surface area contributed by atoms with Crippen LogP contribution in [0.15, 0.2) is 72.8 Å². The number of benzene rings is 3. The van der Waals surface area contributed by atoms with Crippen LogP contribution >= 0.6 is 34.8 Å². The highest BCUT2D eigenvalue weighted by Gasteiger charge is 2.24. The number of carbonyl (C=O) groups excluding carboxylic acids is 1. The van der Waals surface area contributed by atoms with Crippen LogP contribution < -0.4 is 5.32 Å². The molecule has 3 aromatic carbocycles. The molecule has 0 aliphatic rings. The maximum absolute atomic E-state index is 13.3. The quantitative estimate of drug-likeness (QED) is 0.276. The summed E-state index contributed by atoms with van der Waals surface area (Å²) in [7, 11) is 0. The summed E-state index contributed by atoms with van der Waals surface area (Å²) in [6.07, 6.45) is 2.02. The van der Waals surface area contributed by atoms with Gasteiger partial charge in [0.2, 0.25) is 0 Å². The summed E-state index contributed by atoms with van der Waals surface area (Å²) >= 11 is 18.7. The number of halogens is 3. The van der Waals surface area contributed by atoms with Crippen molar-refractivity contribution >= 4 is 52.4 Å². The molecule has 4 aromatic rings. The van der Waals surface area contributed by atoms with E-state index in [1.165, 1.54) is 0 Å². The van der Waals surface area contributed by atoms with Crippen molar-refractivity contribution in [2.45, 2.75) is 26.8 Å². The van der Waals surface area contributed by atoms with Crippen molar-refractivity contribution in [1.82, 2.24) is 15.1 Å². The first-order valence-electron chi connectivity index (χ1n) is 11.1. The average molecular weight is 525 g/mol. The molecule has 1 aromatic heterocycles. The van der Waals surface area contributed by atoms with E-state index >= 15 is 0 Å². The van der Waals surface area contributed by atoms with Gasteiger partial charge in [-0.1, -0.05) is 77.3 Å². The lowest BCUT2D eigenvalue weighted by molar-refractivity contribution is 0.0934. The zero-order valence-electron chi connectivity index (χ0n) is 19.5. The fourth-order valence-electron chi connectivity index (χ4n) is 3.97. The van der Waals surface area contributed by atoms with Crippen LogP contribution in [-0.4, -0.2) is 15.7 Å². The van der Waals surface area contributed by atoms with Gasteiger partial charge < -0.3 is 5.32 Å². The van der Waals surface area contributed by atoms with Crippen molar-refractivity contribution in [2.75, 3.05) is 0 Å². The lowest BCUT2D eigenvalue weighted by Gasteiger charge is -2.13. The zero-order valence-corrected chi connectivity index (χ0v) is 21.8. The van der Waals surface area contributed by atoms with E-state index in [1.807, 2.05) is 81.4 Å². The molecule has 178 valence electrons. The monoisotopic (exact) mass is 523 g/mol. The van der Waals surface area contributed by atoms with Crippen LogP contribution in [0.25, 0.3) is 17.3 Å². The van der Waals surface area contributed by atoms with Gasteiger partial charge in [0.1, 0.15) is 0 Å². The highest BCUT2D eigenvalue weighted by atomic mass is 35.5. The van der Waals surface area contributed by atoms with E-state index in [2.05, 4.69) is 5.32 Å². The van der Waals surface area contributed by atoms with Gasteiger partial charge in [-0.05, 0) is 73.9 Å². The summed E-state index contributed by atoms with van der Waals surface area (Å²) in [5.41, 5.74) is 5.39. The Balaban J connectivity index is 1.79. The number of allylic oxidation sites excluding steroid dienone is 1. The fourth-order valence-corrected chi connectivity index (χ4v) is 4.58. The first-order chi connectivity index (χ1) is 16.7. The number of nitrogens with zero attached hydrogens (tertiary/aromatic N) is 2. The van der Waals surface area contributed by atoms with Gasteiger partial charge in [-0.2, -0.15) is 5.10 Å². The van der Waals surface area contributed by atoms with E-state index in [1.54, 1.807) is 22.9 Å². The number of rotatable bonds is 6. The van der Waals surface area contributed by atoms with Crippen molar-refractivity contribution in [3.05, 3.63) is 116 Å². The molecule has 7 heteroatoms. The van der Waals surface area contributed by atoms with Crippen LogP contribution in [0.5, 0.6) is 0 Å². The summed E-state index contributed by atoms with van der Waals surface area (Å²) in [6.45, 7) is 5.82. The smallest absolute Gasteiger partial charge is 0.272 e. The van der Waals surface area contributed by atoms with Crippen LogP contribution in [-0.2, 0) is 0 Å². The number of hydrogen-bond acceptors (Lipinski definition) is 2. The van der Waals surface area contributed by atoms with E-state index in [9.17, 15) is 4.79 Å². The molecule has 0 bridgehead atoms. The highest BCUT2D eigenvalue weighted by Crippen LogP contribution is 2.31. The maximum atomic E-state index is 13.3. The lowest BCUT2D eigenvalue weighted by atomic mass is 10.0. The summed E-state index contributed by atoms with van der Waals surface area (Å²) in [5, 5.41) is 9.39. The van der Waals surface area contributed by atoms with Crippen molar-refractivity contribution in [1.29, 1.82) is 0 Å². The van der Waals surface area contributed by atoms with Crippen molar-refractivity contribution < 1.29 is 4.79 Å². The van der Waals surface area contributed by atoms with Gasteiger partial charge in [-0.3, -0.25) is 4.79 Å². The van der Waals surface area contributed by atoms with E-state index in [4.69, 9.17) is 39.9 Å². The zero-order chi connectivity index (χ0) is 25.1. The SMILES string of the molecule is C/C(=C\c1ccc(Cl)cc1)c1c(C)c(C(=O)N[C@@H](C)c2ccccc2)nn1-c1ccc(Cl)cc1Cl. The van der Waals surface area contributed by atoms with E-state index in [0.29, 0.717) is 26.4 Å². The summed E-state index contributed by atoms with van der Waals surface area (Å²) in [4.78, 5) is 13.3. The van der Waals surface area contributed by atoms with E-state index < -0.39 is 0 Å². The van der Waals surface area contributed by atoms with E-state index in [-0.39, 0.29) is 11.9 Å². The molecule has 0 aliphatic carbocycles. The van der Waals surface area contributed by atoms with Gasteiger partial charge in [0.05, 0.1) is 22.4 Å². The molecule has 0 aliphatic heterocycles. The third-order valence-corrected chi connectivity index (χ3v) is 6.54. The molecular weight excluding hydrogens is 501 g/mol. The molecule has 0 fully saturated rings. The van der Waals surface area contributed by atoms with Crippen LogP contribution in [0.2, 0.25) is 15.1 Å². The molecule has 0 unspecified atom stereocenters. The summed E-state index contributed by atoms with van der Waals surface area (Å²) < 4.78 is 1.71. The molecule has 0 radical (unpaired) electrons. The van der Waals surface area contributed by atoms with E-state index in [0.717, 1.165) is 28.0 Å². The van der Waals surface area contributed by atoms with Gasteiger partial charge in [0.25, 0.3) is 5.91 Å². The minimum absolute atomic E-state index is 0.179. The fraction of sp³-hybridized carbons (Fsp3) is 0.143. The molecule has 4 nitrogen and oxygen atoms in total. The van der Waals surface area contributed by atoms with Crippen molar-refractivity contribution in [2.24, 2.45) is 0 Å². The Labute approximate surface area is 220 Å². The van der Waals surface area contributed by atoms with Gasteiger partial charge in [0, 0.05) is 15.6 Å². The summed E-state index contributed by atoms with van der Waals surface area (Å²) in [6, 6.07) is 22.4. The predicted octanol–water partition coefficient (Wildman–Crippen LogP) is 8.19. The van der Waals surface area contributed by atoms with Crippen molar-refractivity contribution in [3.63, 3.8) is 0 Å². The molecule has 0 saturated heterocycles. The van der Waals surface area contributed by atoms with Gasteiger partial charge in [0.15, 0.2) is 5.69 Å². The lowest BCUT2D eigenvalue weighted by Crippen LogP contribution is -2.27. The van der Waals surface area contributed by atoms with Crippen LogP contribution in [0, 0.1) is 6.92 Å². The maximum Gasteiger partial charge on any atom is 0.272 e. The highest BCUT2D eigenvalue weighted by molar-refractivity contribution is 6.35. The largest absolute Gasteiger partial charge is 0.344 e. The number of carbonyl (C=O) groups is 1. The Hall–Kier alpha value is -3.05. The molecule has 1 atom stereocenters. The Morgan fingerprint density at radius 1 is 0.971 bits per heavy atom. The standard InChI is InChI=1S/C28H24Cl3N3O/c1-17(15-20-9-11-22(29)12-10-20)27-18(2)26(28(35)32-19(3)21-7-5-4-6-8-21)33-34(27)25-14-13-23(30)16-24(25)31/h4-16,19H,1-3H3,(H,32,35)/b17-15+/t19-/m0/s1. The molecule has 1 N–H and O–H groups in total. The average Bonchev–Trinajstić information content (AvgIpc) is 3.18. The Morgan fingerprint density at radius 2 is 1.63 bits per heavy atom. The van der Waals surface area contributed by atoms with Gasteiger partial charge in [-0.15, -0.1) is 0 Å². The molecular formula is C28H24Cl3N3O. The molecule has 0 saturated carbocycles.